The molecule has 0 spiro atoms. The van der Waals surface area contributed by atoms with Gasteiger partial charge in [0.05, 0.1) is 6.26 Å². The molecule has 0 saturated carbocycles. The Bertz CT molecular complexity index is 856. The minimum absolute atomic E-state index is 0.236. The second-order valence-corrected chi connectivity index (χ2v) is 6.05. The lowest BCUT2D eigenvalue weighted by atomic mass is 10.3. The van der Waals surface area contributed by atoms with Gasteiger partial charge in [0.2, 0.25) is 0 Å². The molecule has 3 rings (SSSR count). The maximum absolute atomic E-state index is 12.1. The Morgan fingerprint density at radius 1 is 1.08 bits per heavy atom. The number of nitrogens with one attached hydrogen (secondary N) is 2. The molecular formula is C17H15BrN4O3. The molecule has 0 radical (unpaired) electrons. The Labute approximate surface area is 152 Å². The predicted molar refractivity (Wildman–Crippen MR) is 94.6 cm³/mol. The first kappa shape index (κ1) is 17.0. The van der Waals surface area contributed by atoms with Gasteiger partial charge >= 0.3 is 0 Å². The molecule has 7 nitrogen and oxygen atoms in total. The highest BCUT2D eigenvalue weighted by Crippen LogP contribution is 2.14. The lowest BCUT2D eigenvalue weighted by molar-refractivity contribution is 0.0909. The van der Waals surface area contributed by atoms with Gasteiger partial charge < -0.3 is 19.6 Å². The number of benzene rings is 1. The molecule has 0 bridgehead atoms. The number of hydrogen-bond donors (Lipinski definition) is 2. The average Bonchev–Trinajstić information content (AvgIpc) is 3.30. The van der Waals surface area contributed by atoms with Gasteiger partial charge in [-0.25, -0.2) is 4.98 Å². The number of hydrogen-bond acceptors (Lipinski definition) is 4. The van der Waals surface area contributed by atoms with Crippen molar-refractivity contribution in [2.75, 3.05) is 13.1 Å². The second-order valence-electron chi connectivity index (χ2n) is 5.13. The Morgan fingerprint density at radius 2 is 1.80 bits per heavy atom. The Kier molecular flexibility index (Phi) is 5.30. The molecule has 0 atom stereocenters. The van der Waals surface area contributed by atoms with E-state index in [2.05, 4.69) is 31.5 Å². The van der Waals surface area contributed by atoms with E-state index < -0.39 is 0 Å². The van der Waals surface area contributed by atoms with Crippen molar-refractivity contribution in [1.29, 1.82) is 0 Å². The number of aromatic nitrogens is 2. The smallest absolute Gasteiger partial charge is 0.287 e. The third-order valence-corrected chi connectivity index (χ3v) is 3.91. The minimum Gasteiger partial charge on any atom is -0.459 e. The largest absolute Gasteiger partial charge is 0.459 e. The first-order valence-corrected chi connectivity index (χ1v) is 8.32. The van der Waals surface area contributed by atoms with E-state index in [-0.39, 0.29) is 24.1 Å². The van der Waals surface area contributed by atoms with E-state index >= 15 is 0 Å². The van der Waals surface area contributed by atoms with E-state index in [1.54, 1.807) is 29.2 Å². The highest BCUT2D eigenvalue weighted by Gasteiger charge is 2.11. The van der Waals surface area contributed by atoms with Crippen LogP contribution in [0.4, 0.5) is 0 Å². The van der Waals surface area contributed by atoms with E-state index in [1.165, 1.54) is 6.26 Å². The lowest BCUT2D eigenvalue weighted by Crippen LogP contribution is -2.34. The van der Waals surface area contributed by atoms with Crippen LogP contribution in [0.3, 0.4) is 0 Å². The number of amides is 2. The Hall–Kier alpha value is -2.87. The van der Waals surface area contributed by atoms with Crippen LogP contribution in [0.5, 0.6) is 0 Å². The van der Waals surface area contributed by atoms with Gasteiger partial charge in [0.15, 0.2) is 5.76 Å². The van der Waals surface area contributed by atoms with Gasteiger partial charge in [-0.1, -0.05) is 15.9 Å². The molecule has 0 aliphatic rings. The normalized spacial score (nSPS) is 10.4. The quantitative estimate of drug-likeness (QED) is 0.619. The maximum atomic E-state index is 12.1. The molecule has 2 N–H and O–H groups in total. The summed E-state index contributed by atoms with van der Waals surface area (Å²) in [4.78, 5) is 27.9. The molecular weight excluding hydrogens is 388 g/mol. The van der Waals surface area contributed by atoms with Crippen LogP contribution in [0, 0.1) is 0 Å². The van der Waals surface area contributed by atoms with Crippen molar-refractivity contribution >= 4 is 27.7 Å². The van der Waals surface area contributed by atoms with Crippen LogP contribution in [0.2, 0.25) is 0 Å². The highest BCUT2D eigenvalue weighted by atomic mass is 79.9. The summed E-state index contributed by atoms with van der Waals surface area (Å²) in [5.74, 6) is -0.388. The van der Waals surface area contributed by atoms with Crippen molar-refractivity contribution in [2.24, 2.45) is 0 Å². The molecule has 1 aromatic carbocycles. The zero-order chi connectivity index (χ0) is 17.6. The number of carbonyl (C=O) groups excluding carboxylic acids is 2. The van der Waals surface area contributed by atoms with Gasteiger partial charge in [0, 0.05) is 29.4 Å². The summed E-state index contributed by atoms with van der Waals surface area (Å²) >= 11 is 3.38. The van der Waals surface area contributed by atoms with Crippen LogP contribution in [0.1, 0.15) is 21.0 Å². The van der Waals surface area contributed by atoms with Crippen molar-refractivity contribution in [3.05, 3.63) is 71.1 Å². The van der Waals surface area contributed by atoms with Gasteiger partial charge in [0.1, 0.15) is 12.0 Å². The third kappa shape index (κ3) is 4.36. The van der Waals surface area contributed by atoms with Crippen LogP contribution in [0.25, 0.3) is 5.69 Å². The monoisotopic (exact) mass is 402 g/mol. The van der Waals surface area contributed by atoms with Gasteiger partial charge in [-0.15, -0.1) is 0 Å². The first-order chi connectivity index (χ1) is 12.1. The standard InChI is InChI=1S/C17H15BrN4O3/c18-12-3-5-13(6-4-12)22-10-14(21-11-22)16(23)19-7-8-20-17(24)15-2-1-9-25-15/h1-6,9-11H,7-8H2,(H,19,23)(H,20,24). The molecule has 8 heteroatoms. The van der Waals surface area contributed by atoms with Gasteiger partial charge in [-0.2, -0.15) is 0 Å². The van der Waals surface area contributed by atoms with Gasteiger partial charge in [-0.05, 0) is 36.4 Å². The van der Waals surface area contributed by atoms with E-state index in [0.717, 1.165) is 10.2 Å². The fourth-order valence-corrected chi connectivity index (χ4v) is 2.40. The van der Waals surface area contributed by atoms with Crippen LogP contribution in [-0.4, -0.2) is 34.5 Å². The van der Waals surface area contributed by atoms with Crippen molar-refractivity contribution in [3.63, 3.8) is 0 Å². The fraction of sp³-hybridized carbons (Fsp3) is 0.118. The molecule has 0 fully saturated rings. The lowest BCUT2D eigenvalue weighted by Gasteiger charge is -2.04. The molecule has 0 aliphatic carbocycles. The summed E-state index contributed by atoms with van der Waals surface area (Å²) in [6.45, 7) is 0.578. The Morgan fingerprint density at radius 3 is 2.48 bits per heavy atom. The number of nitrogens with zero attached hydrogens (tertiary/aromatic N) is 2. The third-order valence-electron chi connectivity index (χ3n) is 3.38. The molecule has 2 heterocycles. The average molecular weight is 403 g/mol. The molecule has 0 saturated heterocycles. The molecule has 2 aromatic heterocycles. The van der Waals surface area contributed by atoms with Crippen molar-refractivity contribution in [3.8, 4) is 5.69 Å². The summed E-state index contributed by atoms with van der Waals surface area (Å²) in [5, 5.41) is 5.36. The van der Waals surface area contributed by atoms with Gasteiger partial charge in [0.25, 0.3) is 11.8 Å². The SMILES string of the molecule is O=C(NCCNC(=O)c1ccco1)c1cn(-c2ccc(Br)cc2)cn1. The number of carbonyl (C=O) groups is 2. The van der Waals surface area contributed by atoms with Crippen molar-refractivity contribution in [2.45, 2.75) is 0 Å². The minimum atomic E-state index is -0.321. The van der Waals surface area contributed by atoms with Crippen LogP contribution >= 0.6 is 15.9 Å². The zero-order valence-corrected chi connectivity index (χ0v) is 14.7. The van der Waals surface area contributed by atoms with Crippen LogP contribution in [0.15, 0.2) is 64.1 Å². The van der Waals surface area contributed by atoms with Crippen molar-refractivity contribution < 1.29 is 14.0 Å². The summed E-state index contributed by atoms with van der Waals surface area (Å²) in [6.07, 6.45) is 4.66. The first-order valence-electron chi connectivity index (χ1n) is 7.53. The molecule has 2 amide bonds. The van der Waals surface area contributed by atoms with E-state index in [1.807, 2.05) is 24.3 Å². The second kappa shape index (κ2) is 7.80. The summed E-state index contributed by atoms with van der Waals surface area (Å²) in [5.41, 5.74) is 1.21. The van der Waals surface area contributed by atoms with Crippen LogP contribution < -0.4 is 10.6 Å². The predicted octanol–water partition coefficient (Wildman–Crippen LogP) is 2.39. The molecule has 25 heavy (non-hydrogen) atoms. The maximum Gasteiger partial charge on any atom is 0.287 e. The van der Waals surface area contributed by atoms with E-state index in [0.29, 0.717) is 12.2 Å². The summed E-state index contributed by atoms with van der Waals surface area (Å²) < 4.78 is 7.72. The molecule has 128 valence electrons. The van der Waals surface area contributed by atoms with E-state index in [4.69, 9.17) is 4.42 Å². The topological polar surface area (TPSA) is 89.2 Å². The molecule has 3 aromatic rings. The molecule has 0 unspecified atom stereocenters. The summed E-state index contributed by atoms with van der Waals surface area (Å²) in [7, 11) is 0. The number of imidazole rings is 1. The number of halogens is 1. The summed E-state index contributed by atoms with van der Waals surface area (Å²) in [6, 6.07) is 10.9. The van der Waals surface area contributed by atoms with Crippen LogP contribution in [-0.2, 0) is 0 Å². The highest BCUT2D eigenvalue weighted by molar-refractivity contribution is 9.10. The number of rotatable bonds is 6. The zero-order valence-electron chi connectivity index (χ0n) is 13.1. The fourth-order valence-electron chi connectivity index (χ4n) is 2.13. The Balaban J connectivity index is 1.49. The van der Waals surface area contributed by atoms with E-state index in [9.17, 15) is 9.59 Å². The van der Waals surface area contributed by atoms with Crippen molar-refractivity contribution in [1.82, 2.24) is 20.2 Å². The number of furan rings is 1. The van der Waals surface area contributed by atoms with Gasteiger partial charge in [-0.3, -0.25) is 9.59 Å². The molecule has 0 aliphatic heterocycles.